The summed E-state index contributed by atoms with van der Waals surface area (Å²) in [6.45, 7) is 0. The molecule has 33 heavy (non-hydrogen) atoms. The van der Waals surface area contributed by atoms with Gasteiger partial charge in [-0.15, -0.1) is 9.78 Å². The van der Waals surface area contributed by atoms with Gasteiger partial charge in [-0.2, -0.15) is 13.2 Å². The summed E-state index contributed by atoms with van der Waals surface area (Å²) in [5, 5.41) is 5.89. The van der Waals surface area contributed by atoms with Gasteiger partial charge >= 0.3 is 29.6 Å². The largest absolute Gasteiger partial charge is 0.467 e. The van der Waals surface area contributed by atoms with Crippen molar-refractivity contribution in [2.75, 3.05) is 12.4 Å². The number of alkyl halides is 3. The van der Waals surface area contributed by atoms with Gasteiger partial charge in [0.15, 0.2) is 0 Å². The number of aromatic nitrogens is 5. The van der Waals surface area contributed by atoms with E-state index in [9.17, 15) is 36.7 Å². The van der Waals surface area contributed by atoms with Crippen LogP contribution in [0, 0.1) is 5.82 Å². The highest BCUT2D eigenvalue weighted by molar-refractivity contribution is 9.10. The zero-order chi connectivity index (χ0) is 24.8. The third kappa shape index (κ3) is 4.20. The van der Waals surface area contributed by atoms with Crippen molar-refractivity contribution in [1.82, 2.24) is 23.5 Å². The van der Waals surface area contributed by atoms with E-state index in [1.54, 1.807) is 0 Å². The maximum absolute atomic E-state index is 14.6. The second-order valence-corrected chi connectivity index (χ2v) is 7.35. The van der Waals surface area contributed by atoms with Crippen LogP contribution in [0.15, 0.2) is 37.1 Å². The van der Waals surface area contributed by atoms with E-state index in [2.05, 4.69) is 26.3 Å². The van der Waals surface area contributed by atoms with Gasteiger partial charge in [-0.25, -0.2) is 27.9 Å². The number of nitrogens with zero attached hydrogens (tertiary/aromatic N) is 5. The average Bonchev–Trinajstić information content (AvgIpc) is 3.01. The van der Waals surface area contributed by atoms with Gasteiger partial charge in [0.25, 0.3) is 5.56 Å². The number of anilines is 1. The number of methoxy groups -OCH3 is 1. The number of halogens is 5. The van der Waals surface area contributed by atoms with Crippen molar-refractivity contribution in [3.8, 4) is 11.7 Å². The fourth-order valence-corrected chi connectivity index (χ4v) is 3.24. The number of rotatable bonds is 3. The molecule has 2 heterocycles. The van der Waals surface area contributed by atoms with Crippen LogP contribution in [0.5, 0.6) is 6.01 Å². The quantitative estimate of drug-likeness (QED) is 0.505. The molecule has 0 unspecified atom stereocenters. The number of carbonyl (C=O) groups excluding carboxylic acids is 1. The molecule has 3 aromatic rings. The zero-order valence-corrected chi connectivity index (χ0v) is 18.5. The van der Waals surface area contributed by atoms with E-state index < -0.39 is 46.3 Å². The Balaban J connectivity index is 2.13. The van der Waals surface area contributed by atoms with Crippen molar-refractivity contribution in [3.63, 3.8) is 0 Å². The van der Waals surface area contributed by atoms with Crippen LogP contribution in [-0.4, -0.2) is 36.6 Å². The molecule has 0 atom stereocenters. The van der Waals surface area contributed by atoms with Gasteiger partial charge in [0.1, 0.15) is 11.5 Å². The van der Waals surface area contributed by atoms with Gasteiger partial charge in [-0.1, -0.05) is 0 Å². The topological polar surface area (TPSA) is 122 Å². The molecule has 0 saturated carbocycles. The number of hydrogen-bond donors (Lipinski definition) is 1. The van der Waals surface area contributed by atoms with Crippen LogP contribution < -0.4 is 27.0 Å². The molecule has 0 aliphatic carbocycles. The van der Waals surface area contributed by atoms with E-state index in [4.69, 9.17) is 4.74 Å². The van der Waals surface area contributed by atoms with Gasteiger partial charge in [0.05, 0.1) is 18.5 Å². The summed E-state index contributed by atoms with van der Waals surface area (Å²) in [6.07, 6.45) is -5.00. The SMILES string of the molecule is COc1nn(C(=O)Nc2cc(-n3c(=O)cc(C(F)(F)F)n(C)c3=O)c(F)cc2Br)c(=O)n1C. The Morgan fingerprint density at radius 2 is 1.73 bits per heavy atom. The number of amides is 1. The molecule has 1 amide bonds. The molecule has 1 aromatic carbocycles. The minimum Gasteiger partial charge on any atom is -0.467 e. The number of carbonyl (C=O) groups is 1. The molecule has 0 aliphatic rings. The van der Waals surface area contributed by atoms with Gasteiger partial charge in [0, 0.05) is 24.6 Å². The molecule has 2 aromatic heterocycles. The molecule has 0 fully saturated rings. The maximum atomic E-state index is 14.6. The third-order valence-corrected chi connectivity index (χ3v) is 5.10. The van der Waals surface area contributed by atoms with E-state index in [0.717, 1.165) is 23.7 Å². The summed E-state index contributed by atoms with van der Waals surface area (Å²) in [4.78, 5) is 49.3. The van der Waals surface area contributed by atoms with E-state index in [-0.39, 0.29) is 31.4 Å². The van der Waals surface area contributed by atoms with Gasteiger partial charge in [-0.05, 0) is 28.1 Å². The standard InChI is InChI=1S/C17H13BrF4N6O5/c1-25-11(17(20,21)22)6-12(29)27(15(25)31)10-5-9(7(18)4-8(10)19)23-13(30)28-16(32)26(2)14(24-28)33-3/h4-6H,1-3H3,(H,23,30). The van der Waals surface area contributed by atoms with E-state index in [1.807, 2.05) is 0 Å². The Labute approximate surface area is 188 Å². The maximum Gasteiger partial charge on any atom is 0.431 e. The summed E-state index contributed by atoms with van der Waals surface area (Å²) in [6, 6.07) is 0.453. The molecule has 16 heteroatoms. The van der Waals surface area contributed by atoms with E-state index in [0.29, 0.717) is 4.68 Å². The Morgan fingerprint density at radius 1 is 1.09 bits per heavy atom. The molecular formula is C17H13BrF4N6O5. The first-order valence-electron chi connectivity index (χ1n) is 8.69. The fraction of sp³-hybridized carbons (Fsp3) is 0.235. The molecule has 3 rings (SSSR count). The normalized spacial score (nSPS) is 11.5. The molecule has 176 valence electrons. The van der Waals surface area contributed by atoms with Crippen molar-refractivity contribution >= 4 is 27.6 Å². The summed E-state index contributed by atoms with van der Waals surface area (Å²) >= 11 is 2.98. The van der Waals surface area contributed by atoms with E-state index >= 15 is 0 Å². The highest BCUT2D eigenvalue weighted by atomic mass is 79.9. The summed E-state index contributed by atoms with van der Waals surface area (Å²) in [5.41, 5.74) is -6.28. The van der Waals surface area contributed by atoms with Crippen LogP contribution in [0.4, 0.5) is 28.0 Å². The Bertz CT molecular complexity index is 1450. The van der Waals surface area contributed by atoms with Crippen LogP contribution in [0.25, 0.3) is 5.69 Å². The van der Waals surface area contributed by atoms with Crippen molar-refractivity contribution in [3.05, 3.63) is 65.5 Å². The lowest BCUT2D eigenvalue weighted by Crippen LogP contribution is -2.41. The molecule has 1 N–H and O–H groups in total. The molecular weight excluding hydrogens is 524 g/mol. The summed E-state index contributed by atoms with van der Waals surface area (Å²) in [5.74, 6) is -1.16. The van der Waals surface area contributed by atoms with Crippen molar-refractivity contribution in [1.29, 1.82) is 0 Å². The van der Waals surface area contributed by atoms with Crippen molar-refractivity contribution in [2.24, 2.45) is 14.1 Å². The minimum atomic E-state index is -5.00. The first-order valence-corrected chi connectivity index (χ1v) is 9.48. The minimum absolute atomic E-state index is 0.0650. The Morgan fingerprint density at radius 3 is 2.27 bits per heavy atom. The lowest BCUT2D eigenvalue weighted by atomic mass is 10.2. The molecule has 0 aliphatic heterocycles. The monoisotopic (exact) mass is 536 g/mol. The first-order chi connectivity index (χ1) is 15.3. The predicted molar refractivity (Wildman–Crippen MR) is 108 cm³/mol. The molecule has 0 saturated heterocycles. The predicted octanol–water partition coefficient (Wildman–Crippen LogP) is 1.44. The second-order valence-electron chi connectivity index (χ2n) is 6.50. The fourth-order valence-electron chi connectivity index (χ4n) is 2.82. The molecule has 0 radical (unpaired) electrons. The van der Waals surface area contributed by atoms with Crippen LogP contribution in [-0.2, 0) is 20.3 Å². The summed E-state index contributed by atoms with van der Waals surface area (Å²) in [7, 11) is 3.27. The number of ether oxygens (including phenoxy) is 1. The van der Waals surface area contributed by atoms with Crippen LogP contribution in [0.3, 0.4) is 0 Å². The third-order valence-electron chi connectivity index (χ3n) is 4.45. The number of hydrogen-bond acceptors (Lipinski definition) is 6. The number of nitrogens with one attached hydrogen (secondary N) is 1. The first kappa shape index (κ1) is 24.0. The average molecular weight is 537 g/mol. The smallest absolute Gasteiger partial charge is 0.431 e. The Hall–Kier alpha value is -3.69. The summed E-state index contributed by atoms with van der Waals surface area (Å²) < 4.78 is 60.2. The highest BCUT2D eigenvalue weighted by Crippen LogP contribution is 2.29. The highest BCUT2D eigenvalue weighted by Gasteiger charge is 2.35. The number of benzene rings is 1. The second kappa shape index (κ2) is 8.34. The lowest BCUT2D eigenvalue weighted by molar-refractivity contribution is -0.144. The van der Waals surface area contributed by atoms with Gasteiger partial charge in [-0.3, -0.25) is 9.36 Å². The van der Waals surface area contributed by atoms with Crippen molar-refractivity contribution < 1.29 is 27.1 Å². The zero-order valence-electron chi connectivity index (χ0n) is 16.9. The van der Waals surface area contributed by atoms with Crippen molar-refractivity contribution in [2.45, 2.75) is 6.18 Å². The van der Waals surface area contributed by atoms with Gasteiger partial charge < -0.3 is 10.1 Å². The van der Waals surface area contributed by atoms with Crippen LogP contribution >= 0.6 is 15.9 Å². The Kier molecular flexibility index (Phi) is 6.06. The van der Waals surface area contributed by atoms with Crippen LogP contribution in [0.2, 0.25) is 0 Å². The van der Waals surface area contributed by atoms with Crippen LogP contribution in [0.1, 0.15) is 5.69 Å². The van der Waals surface area contributed by atoms with E-state index in [1.165, 1.54) is 14.2 Å². The molecule has 0 bridgehead atoms. The molecule has 11 nitrogen and oxygen atoms in total. The lowest BCUT2D eigenvalue weighted by Gasteiger charge is -2.15. The van der Waals surface area contributed by atoms with Gasteiger partial charge in [0.2, 0.25) is 0 Å². The molecule has 0 spiro atoms.